The summed E-state index contributed by atoms with van der Waals surface area (Å²) in [6.45, 7) is 5.64. The highest BCUT2D eigenvalue weighted by molar-refractivity contribution is 6.34. The van der Waals surface area contributed by atoms with Crippen LogP contribution in [0, 0.1) is 32.1 Å². The monoisotopic (exact) mass is 1560 g/mol. The number of rotatable bonds is 18. The highest BCUT2D eigenvalue weighted by Gasteiger charge is 2.41. The summed E-state index contributed by atoms with van der Waals surface area (Å²) in [5, 5.41) is 37.6. The topological polar surface area (TPSA) is 364 Å². The molecule has 0 radical (unpaired) electrons. The van der Waals surface area contributed by atoms with Crippen molar-refractivity contribution in [3.8, 4) is 34.2 Å². The van der Waals surface area contributed by atoms with E-state index in [0.29, 0.717) is 84.2 Å². The van der Waals surface area contributed by atoms with E-state index in [1.165, 1.54) is 55.4 Å². The van der Waals surface area contributed by atoms with Crippen molar-refractivity contribution in [3.05, 3.63) is 198 Å². The van der Waals surface area contributed by atoms with E-state index < -0.39 is 62.6 Å². The van der Waals surface area contributed by atoms with E-state index in [0.717, 1.165) is 105 Å². The van der Waals surface area contributed by atoms with Crippen LogP contribution in [-0.2, 0) is 47.4 Å². The maximum absolute atomic E-state index is 14.1. The van der Waals surface area contributed by atoms with Crippen molar-refractivity contribution in [1.82, 2.24) is 78.4 Å². The first-order valence-electron chi connectivity index (χ1n) is 34.1. The lowest BCUT2D eigenvalue weighted by Gasteiger charge is -2.38. The molecule has 3 aromatic carbocycles. The summed E-state index contributed by atoms with van der Waals surface area (Å²) in [6.07, 6.45) is -1.52. The average Bonchev–Trinajstić information content (AvgIpc) is 1.62. The summed E-state index contributed by atoms with van der Waals surface area (Å²) in [5.74, 6) is -2.42. The van der Waals surface area contributed by atoms with Gasteiger partial charge in [0.2, 0.25) is 11.8 Å². The maximum Gasteiger partial charge on any atom is 0.435 e. The van der Waals surface area contributed by atoms with Crippen molar-refractivity contribution in [2.75, 3.05) is 89.2 Å². The number of hydrogen-bond donors (Lipinski definition) is 3. The van der Waals surface area contributed by atoms with Gasteiger partial charge in [-0.2, -0.15) is 36.5 Å². The molecule has 574 valence electrons. The van der Waals surface area contributed by atoms with Gasteiger partial charge >= 0.3 is 18.4 Å². The Labute approximate surface area is 629 Å². The number of aromatic nitrogens is 10. The fraction of sp³-hybridized carbons (Fsp3) is 0.329. The van der Waals surface area contributed by atoms with Gasteiger partial charge in [-0.3, -0.25) is 53.9 Å². The Bertz CT molecular complexity index is 5000. The van der Waals surface area contributed by atoms with E-state index in [1.54, 1.807) is 14.7 Å². The number of piperazine rings is 2. The first-order valence-corrected chi connectivity index (χ1v) is 34.8. The molecular weight excluding hydrogens is 1500 g/mol. The SMILES string of the molecule is Cn1c(-c2cn(-c3ccc([N+](=O)[O-])cn3)nc2C(F)(F)F)cnc1C(=O)Nc1ccc(C(=O)N2CCC(CN3CCN(C(=O)OCc4ccccc4)CC3=O)CC2)c(Cl)c1.Cn1c(-c2cn(-c3ccc([N+](=O)[O-])cn3)nc2C(F)(F)F)cnc1C(=O)Nc1ccc(C(=O)N2CCC(CN3CCNCC3=O)CC2)c(Cl)c1. The highest BCUT2D eigenvalue weighted by atomic mass is 35.5. The lowest BCUT2D eigenvalue weighted by atomic mass is 9.95. The molecule has 110 heavy (non-hydrogen) atoms. The fourth-order valence-corrected chi connectivity index (χ4v) is 13.5. The zero-order valence-corrected chi connectivity index (χ0v) is 59.8. The van der Waals surface area contributed by atoms with Crippen molar-refractivity contribution < 1.29 is 74.5 Å². The number of nitro groups is 2. The van der Waals surface area contributed by atoms with Crippen LogP contribution in [0.2, 0.25) is 10.0 Å². The molecule has 4 aliphatic heterocycles. The first-order chi connectivity index (χ1) is 52.4. The molecule has 9 aromatic rings. The van der Waals surface area contributed by atoms with Crippen molar-refractivity contribution >= 4 is 87.5 Å². The summed E-state index contributed by atoms with van der Waals surface area (Å²) >= 11 is 13.0. The predicted molar refractivity (Wildman–Crippen MR) is 381 cm³/mol. The number of ether oxygens (including phenoxy) is 1. The molecule has 4 saturated heterocycles. The van der Waals surface area contributed by atoms with Crippen LogP contribution in [0.4, 0.5) is 53.9 Å². The number of benzene rings is 3. The Balaban J connectivity index is 0.000000208. The van der Waals surface area contributed by atoms with Crippen LogP contribution >= 0.6 is 23.2 Å². The van der Waals surface area contributed by atoms with Crippen LogP contribution in [0.3, 0.4) is 0 Å². The molecule has 32 nitrogen and oxygen atoms in total. The van der Waals surface area contributed by atoms with Gasteiger partial charge in [0, 0.05) is 115 Å². The maximum atomic E-state index is 14.1. The molecule has 0 unspecified atom stereocenters. The Morgan fingerprint density at radius 2 is 1.03 bits per heavy atom. The van der Waals surface area contributed by atoms with E-state index in [-0.39, 0.29) is 121 Å². The van der Waals surface area contributed by atoms with Gasteiger partial charge in [0.15, 0.2) is 34.7 Å². The zero-order valence-electron chi connectivity index (χ0n) is 58.3. The lowest BCUT2D eigenvalue weighted by molar-refractivity contribution is -0.385. The van der Waals surface area contributed by atoms with E-state index in [1.807, 2.05) is 35.2 Å². The number of alkyl halides is 6. The molecule has 6 aromatic heterocycles. The summed E-state index contributed by atoms with van der Waals surface area (Å²) < 4.78 is 93.8. The van der Waals surface area contributed by atoms with Gasteiger partial charge in [0.05, 0.1) is 72.5 Å². The lowest BCUT2D eigenvalue weighted by Crippen LogP contribution is -2.54. The molecule has 4 aliphatic rings. The summed E-state index contributed by atoms with van der Waals surface area (Å²) in [6, 6.07) is 22.5. The van der Waals surface area contributed by atoms with Crippen LogP contribution in [0.1, 0.15) is 84.6 Å². The molecule has 0 atom stereocenters. The Morgan fingerprint density at radius 3 is 1.43 bits per heavy atom. The molecule has 7 amide bonds. The molecule has 0 aliphatic carbocycles. The van der Waals surface area contributed by atoms with Crippen LogP contribution in [0.15, 0.2) is 128 Å². The molecule has 10 heterocycles. The molecule has 13 rings (SSSR count). The number of amides is 7. The molecule has 3 N–H and O–H groups in total. The van der Waals surface area contributed by atoms with Gasteiger partial charge in [-0.1, -0.05) is 53.5 Å². The van der Waals surface area contributed by atoms with Gasteiger partial charge < -0.3 is 49.4 Å². The third kappa shape index (κ3) is 17.7. The summed E-state index contributed by atoms with van der Waals surface area (Å²) in [7, 11) is 2.71. The number of halogens is 8. The van der Waals surface area contributed by atoms with E-state index in [4.69, 9.17) is 27.9 Å². The van der Waals surface area contributed by atoms with E-state index >= 15 is 0 Å². The van der Waals surface area contributed by atoms with Gasteiger partial charge in [-0.25, -0.2) is 34.1 Å². The van der Waals surface area contributed by atoms with Gasteiger partial charge in [0.1, 0.15) is 25.5 Å². The Morgan fingerprint density at radius 1 is 0.573 bits per heavy atom. The minimum atomic E-state index is -4.92. The van der Waals surface area contributed by atoms with Crippen LogP contribution in [0.5, 0.6) is 0 Å². The minimum absolute atomic E-state index is 0.0632. The third-order valence-corrected chi connectivity index (χ3v) is 19.5. The molecule has 0 spiro atoms. The van der Waals surface area contributed by atoms with Crippen LogP contribution in [0.25, 0.3) is 34.2 Å². The van der Waals surface area contributed by atoms with Crippen molar-refractivity contribution in [3.63, 3.8) is 0 Å². The normalized spacial score (nSPS) is 15.3. The molecule has 0 bridgehead atoms. The predicted octanol–water partition coefficient (Wildman–Crippen LogP) is 9.62. The van der Waals surface area contributed by atoms with Gasteiger partial charge in [0.25, 0.3) is 35.0 Å². The summed E-state index contributed by atoms with van der Waals surface area (Å²) in [4.78, 5) is 136. The standard InChI is InChI=1S/C39H36ClF3N10O7.C31H30ClF3N10O5/c1-48-31(29-21-52(47-34(29)39(41,42)43)32-10-8-27(18-44-32)53(58)59)19-45-35(48)36(55)46-26-7-9-28(30(40)17-26)37(56)49-13-11-24(12-14-49)20-50-15-16-51(22-33(50)54)38(57)60-23-25-5-3-2-4-6-25;1-41-24(22-17-44(40-27(22)31(33,34)35)25-5-3-20(13-37-25)45(49)50)14-38-28(41)29(47)39-19-2-4-21(23(32)12-19)30(48)42-9-6-18(7-10-42)16-43-11-8-36-15-26(43)46/h2-10,17-19,21,24H,11-16,20,22-23H2,1H3,(H,46,55);2-5,12-14,17-18,36H,6-11,15-16H2,1H3,(H,39,47). The number of hydrogen-bond acceptors (Lipinski definition) is 19. The van der Waals surface area contributed by atoms with E-state index in [9.17, 15) is 80.1 Å². The fourth-order valence-electron chi connectivity index (χ4n) is 13.0. The number of pyridine rings is 2. The third-order valence-electron chi connectivity index (χ3n) is 18.9. The highest BCUT2D eigenvalue weighted by Crippen LogP contribution is 2.40. The molecular formula is C70H66Cl2F6N20O12. The van der Waals surface area contributed by atoms with Crippen molar-refractivity contribution in [2.24, 2.45) is 25.9 Å². The number of nitrogens with one attached hydrogen (secondary N) is 3. The summed E-state index contributed by atoms with van der Waals surface area (Å²) in [5.41, 5.74) is -2.55. The average molecular weight is 1560 g/mol. The second kappa shape index (κ2) is 32.7. The first kappa shape index (κ1) is 77.4. The number of nitrogens with zero attached hydrogens (tertiary/aromatic N) is 17. The Kier molecular flexibility index (Phi) is 23.0. The molecule has 0 saturated carbocycles. The number of carbonyl (C=O) groups excluding carboxylic acids is 7. The van der Waals surface area contributed by atoms with Crippen LogP contribution < -0.4 is 16.0 Å². The molecule has 40 heteroatoms. The second-order valence-electron chi connectivity index (χ2n) is 26.1. The van der Waals surface area contributed by atoms with Crippen molar-refractivity contribution in [2.45, 2.75) is 44.6 Å². The minimum Gasteiger partial charge on any atom is -0.445 e. The van der Waals surface area contributed by atoms with Crippen molar-refractivity contribution in [1.29, 1.82) is 0 Å². The van der Waals surface area contributed by atoms with Gasteiger partial charge in [-0.05, 0) is 91.6 Å². The largest absolute Gasteiger partial charge is 0.445 e. The Hall–Kier alpha value is -12.2. The van der Waals surface area contributed by atoms with E-state index in [2.05, 4.69) is 46.1 Å². The molecule has 4 fully saturated rings. The quantitative estimate of drug-likeness (QED) is 0.0408. The second-order valence-corrected chi connectivity index (χ2v) is 26.9. The number of anilines is 2. The smallest absolute Gasteiger partial charge is 0.435 e. The van der Waals surface area contributed by atoms with Crippen LogP contribution in [-0.4, -0.2) is 203 Å². The number of carbonyl (C=O) groups is 7. The number of piperidine rings is 2. The number of imidazole rings is 2. The number of likely N-dealkylation sites (tertiary alicyclic amines) is 2. The zero-order chi connectivity index (χ0) is 78.5. The van der Waals surface area contributed by atoms with Gasteiger partial charge in [-0.15, -0.1) is 0 Å².